The molecule has 0 atom stereocenters. The van der Waals surface area contributed by atoms with Crippen LogP contribution in [0.5, 0.6) is 5.75 Å². The van der Waals surface area contributed by atoms with Crippen molar-refractivity contribution in [1.82, 2.24) is 19.5 Å². The van der Waals surface area contributed by atoms with E-state index in [0.717, 1.165) is 60.8 Å². The van der Waals surface area contributed by atoms with Crippen LogP contribution in [0.25, 0.3) is 5.65 Å². The zero-order valence-corrected chi connectivity index (χ0v) is 18.0. The van der Waals surface area contributed by atoms with Crippen molar-refractivity contribution < 1.29 is 14.3 Å². The molecule has 0 unspecified atom stereocenters. The summed E-state index contributed by atoms with van der Waals surface area (Å²) < 4.78 is 7.89. The van der Waals surface area contributed by atoms with Gasteiger partial charge in [-0.1, -0.05) is 6.07 Å². The Balaban J connectivity index is 1.06. The van der Waals surface area contributed by atoms with Gasteiger partial charge in [-0.05, 0) is 61.6 Å². The van der Waals surface area contributed by atoms with E-state index in [4.69, 9.17) is 4.74 Å². The van der Waals surface area contributed by atoms with Crippen LogP contribution >= 0.6 is 0 Å². The second-order valence-electron chi connectivity index (χ2n) is 8.46. The first kappa shape index (κ1) is 20.5. The number of nitrogens with one attached hydrogen (secondary N) is 1. The van der Waals surface area contributed by atoms with E-state index in [1.165, 1.54) is 0 Å². The van der Waals surface area contributed by atoms with Crippen LogP contribution in [-0.4, -0.2) is 51.0 Å². The Morgan fingerprint density at radius 3 is 2.88 bits per heavy atom. The lowest BCUT2D eigenvalue weighted by Crippen LogP contribution is -2.38. The highest BCUT2D eigenvalue weighted by molar-refractivity contribution is 5.94. The molecule has 0 bridgehead atoms. The van der Waals surface area contributed by atoms with Gasteiger partial charge in [0.15, 0.2) is 5.65 Å². The highest BCUT2D eigenvalue weighted by Crippen LogP contribution is 2.28. The van der Waals surface area contributed by atoms with Gasteiger partial charge in [0, 0.05) is 43.7 Å². The zero-order chi connectivity index (χ0) is 21.9. The van der Waals surface area contributed by atoms with Crippen molar-refractivity contribution in [2.75, 3.05) is 25.0 Å². The van der Waals surface area contributed by atoms with E-state index in [-0.39, 0.29) is 11.8 Å². The third-order valence-corrected chi connectivity index (χ3v) is 6.33. The van der Waals surface area contributed by atoms with Gasteiger partial charge in [-0.15, -0.1) is 10.2 Å². The molecule has 3 aromatic rings. The molecular formula is C24H27N5O3. The van der Waals surface area contributed by atoms with Gasteiger partial charge in [-0.3, -0.25) is 14.0 Å². The van der Waals surface area contributed by atoms with E-state index in [9.17, 15) is 9.59 Å². The summed E-state index contributed by atoms with van der Waals surface area (Å²) in [6.45, 7) is 2.00. The van der Waals surface area contributed by atoms with Crippen LogP contribution in [0.4, 0.5) is 5.69 Å². The molecule has 1 saturated heterocycles. The molecule has 166 valence electrons. The molecule has 0 saturated carbocycles. The summed E-state index contributed by atoms with van der Waals surface area (Å²) >= 11 is 0. The van der Waals surface area contributed by atoms with E-state index in [1.54, 1.807) is 0 Å². The van der Waals surface area contributed by atoms with Gasteiger partial charge < -0.3 is 15.0 Å². The molecule has 8 heteroatoms. The number of piperidine rings is 1. The average Bonchev–Trinajstić information content (AvgIpc) is 3.26. The smallest absolute Gasteiger partial charge is 0.224 e. The normalized spacial score (nSPS) is 16.6. The summed E-state index contributed by atoms with van der Waals surface area (Å²) in [5.41, 5.74) is 2.83. The quantitative estimate of drug-likeness (QED) is 0.603. The standard InChI is InChI=1S/C24H27N5O3/c30-22-9-6-18-16-19(7-8-20(18)25-22)32-15-3-5-23(31)28-13-10-17(11-14-28)24-27-26-21-4-1-2-12-29(21)24/h1-2,4,7-8,12,16-17H,3,5-6,9-11,13-15H2,(H,25,30). The van der Waals surface area contributed by atoms with Crippen molar-refractivity contribution in [3.8, 4) is 5.75 Å². The number of fused-ring (bicyclic) bond motifs is 2. The largest absolute Gasteiger partial charge is 0.494 e. The Kier molecular flexibility index (Phi) is 5.75. The van der Waals surface area contributed by atoms with E-state index in [1.807, 2.05) is 51.9 Å². The van der Waals surface area contributed by atoms with Crippen LogP contribution in [0.15, 0.2) is 42.6 Å². The fraction of sp³-hybridized carbons (Fsp3) is 0.417. The maximum absolute atomic E-state index is 12.6. The minimum absolute atomic E-state index is 0.0588. The molecule has 2 amide bonds. The molecule has 32 heavy (non-hydrogen) atoms. The number of hydrogen-bond acceptors (Lipinski definition) is 5. The van der Waals surface area contributed by atoms with Gasteiger partial charge in [0.1, 0.15) is 11.6 Å². The highest BCUT2D eigenvalue weighted by Gasteiger charge is 2.26. The summed E-state index contributed by atoms with van der Waals surface area (Å²) in [7, 11) is 0. The first-order valence-electron chi connectivity index (χ1n) is 11.3. The molecule has 2 aliphatic rings. The fourth-order valence-corrected chi connectivity index (χ4v) is 4.55. The fourth-order valence-electron chi connectivity index (χ4n) is 4.55. The average molecular weight is 434 g/mol. The molecule has 2 aromatic heterocycles. The van der Waals surface area contributed by atoms with Crippen LogP contribution in [0, 0.1) is 0 Å². The Morgan fingerprint density at radius 2 is 2.00 bits per heavy atom. The molecule has 4 heterocycles. The minimum atomic E-state index is 0.0588. The predicted octanol–water partition coefficient (Wildman–Crippen LogP) is 3.18. The number of likely N-dealkylation sites (tertiary alicyclic amines) is 1. The van der Waals surface area contributed by atoms with Gasteiger partial charge in [-0.25, -0.2) is 0 Å². The number of ether oxygens (including phenoxy) is 1. The SMILES string of the molecule is O=C1CCc2cc(OCCCC(=O)N3CCC(c4nnc5ccccn45)CC3)ccc2N1. The molecule has 8 nitrogen and oxygen atoms in total. The lowest BCUT2D eigenvalue weighted by molar-refractivity contribution is -0.132. The Morgan fingerprint density at radius 1 is 1.12 bits per heavy atom. The summed E-state index contributed by atoms with van der Waals surface area (Å²) in [6, 6.07) is 11.6. The molecule has 0 aliphatic carbocycles. The number of benzene rings is 1. The van der Waals surface area contributed by atoms with Crippen LogP contribution in [0.1, 0.15) is 49.4 Å². The summed E-state index contributed by atoms with van der Waals surface area (Å²) in [5, 5.41) is 11.5. The van der Waals surface area contributed by atoms with Gasteiger partial charge in [0.2, 0.25) is 11.8 Å². The summed E-state index contributed by atoms with van der Waals surface area (Å²) in [5.74, 6) is 2.35. The maximum atomic E-state index is 12.6. The Bertz CT molecular complexity index is 1130. The maximum Gasteiger partial charge on any atom is 0.224 e. The zero-order valence-electron chi connectivity index (χ0n) is 18.0. The minimum Gasteiger partial charge on any atom is -0.494 e. The molecule has 0 radical (unpaired) electrons. The first-order chi connectivity index (χ1) is 15.7. The molecule has 2 aliphatic heterocycles. The number of aryl methyl sites for hydroxylation is 1. The van der Waals surface area contributed by atoms with Crippen molar-refractivity contribution in [3.05, 3.63) is 54.0 Å². The second-order valence-corrected chi connectivity index (χ2v) is 8.46. The number of rotatable bonds is 6. The van der Waals surface area contributed by atoms with Crippen LogP contribution in [-0.2, 0) is 16.0 Å². The second kappa shape index (κ2) is 8.98. The van der Waals surface area contributed by atoms with Crippen molar-refractivity contribution in [3.63, 3.8) is 0 Å². The van der Waals surface area contributed by atoms with E-state index < -0.39 is 0 Å². The van der Waals surface area contributed by atoms with Crippen molar-refractivity contribution in [2.24, 2.45) is 0 Å². The number of aromatic nitrogens is 3. The topological polar surface area (TPSA) is 88.8 Å². The Hall–Kier alpha value is -3.42. The van der Waals surface area contributed by atoms with Gasteiger partial charge >= 0.3 is 0 Å². The third kappa shape index (κ3) is 4.30. The van der Waals surface area contributed by atoms with E-state index in [2.05, 4.69) is 15.5 Å². The number of anilines is 1. The molecule has 5 rings (SSSR count). The van der Waals surface area contributed by atoms with E-state index >= 15 is 0 Å². The van der Waals surface area contributed by atoms with E-state index in [0.29, 0.717) is 31.8 Å². The van der Waals surface area contributed by atoms with Gasteiger partial charge in [0.25, 0.3) is 0 Å². The predicted molar refractivity (Wildman–Crippen MR) is 120 cm³/mol. The van der Waals surface area contributed by atoms with Gasteiger partial charge in [-0.2, -0.15) is 0 Å². The number of carbonyl (C=O) groups excluding carboxylic acids is 2. The monoisotopic (exact) mass is 433 g/mol. The van der Waals surface area contributed by atoms with Crippen molar-refractivity contribution in [2.45, 2.75) is 44.4 Å². The Labute approximate surface area is 186 Å². The summed E-state index contributed by atoms with van der Waals surface area (Å²) in [6.07, 6.45) is 6.22. The molecule has 1 fully saturated rings. The third-order valence-electron chi connectivity index (χ3n) is 6.33. The van der Waals surface area contributed by atoms with Gasteiger partial charge in [0.05, 0.1) is 6.61 Å². The molecule has 1 aromatic carbocycles. The van der Waals surface area contributed by atoms with Crippen LogP contribution in [0.3, 0.4) is 0 Å². The molecule has 0 spiro atoms. The number of hydrogen-bond donors (Lipinski definition) is 1. The number of nitrogens with zero attached hydrogens (tertiary/aromatic N) is 4. The van der Waals surface area contributed by atoms with Crippen molar-refractivity contribution in [1.29, 1.82) is 0 Å². The lowest BCUT2D eigenvalue weighted by Gasteiger charge is -2.31. The molecular weight excluding hydrogens is 406 g/mol. The van der Waals surface area contributed by atoms with Crippen molar-refractivity contribution >= 4 is 23.1 Å². The highest BCUT2D eigenvalue weighted by atomic mass is 16.5. The number of amides is 2. The van der Waals surface area contributed by atoms with Crippen LogP contribution in [0.2, 0.25) is 0 Å². The lowest BCUT2D eigenvalue weighted by atomic mass is 9.95. The first-order valence-corrected chi connectivity index (χ1v) is 11.3. The molecule has 1 N–H and O–H groups in total. The van der Waals surface area contributed by atoms with Crippen LogP contribution < -0.4 is 10.1 Å². The number of pyridine rings is 1. The summed E-state index contributed by atoms with van der Waals surface area (Å²) in [4.78, 5) is 26.1. The number of carbonyl (C=O) groups is 2.